The van der Waals surface area contributed by atoms with Crippen LogP contribution in [0.15, 0.2) is 41.0 Å². The average molecular weight is 663 g/mol. The Balaban J connectivity index is 1.60. The number of hydrogen-bond donors (Lipinski definition) is 4. The minimum absolute atomic E-state index is 0.0150. The Labute approximate surface area is 280 Å². The van der Waals surface area contributed by atoms with E-state index in [0.717, 1.165) is 5.57 Å². The van der Waals surface area contributed by atoms with E-state index in [2.05, 4.69) is 6.08 Å². The number of ketones is 2. The summed E-state index contributed by atoms with van der Waals surface area (Å²) in [6.07, 6.45) is 8.68. The summed E-state index contributed by atoms with van der Waals surface area (Å²) in [5.74, 6) is -3.32. The van der Waals surface area contributed by atoms with Crippen LogP contribution in [0.25, 0.3) is 6.08 Å². The van der Waals surface area contributed by atoms with E-state index in [9.17, 15) is 34.8 Å². The number of aliphatic hydroxyl groups excluding tert-OH is 1. The van der Waals surface area contributed by atoms with E-state index >= 15 is 0 Å². The number of allylic oxidation sites excluding steroid dienone is 3. The molecule has 3 heterocycles. The van der Waals surface area contributed by atoms with Crippen molar-refractivity contribution in [3.05, 3.63) is 57.7 Å². The zero-order valence-electron chi connectivity index (χ0n) is 28.9. The molecule has 1 spiro atoms. The Morgan fingerprint density at radius 3 is 2.42 bits per heavy atom. The number of aliphatic carboxylic acids is 1. The molecule has 1 saturated heterocycles. The minimum Gasteiger partial charge on any atom is -0.506 e. The fourth-order valence-electron chi connectivity index (χ4n) is 8.31. The molecule has 6 aliphatic rings. The lowest BCUT2D eigenvalue weighted by Gasteiger charge is -2.56. The van der Waals surface area contributed by atoms with Crippen molar-refractivity contribution in [2.75, 3.05) is 0 Å². The van der Waals surface area contributed by atoms with E-state index in [1.54, 1.807) is 12.2 Å². The molecule has 10 heteroatoms. The summed E-state index contributed by atoms with van der Waals surface area (Å²) in [4.78, 5) is 40.9. The fourth-order valence-corrected chi connectivity index (χ4v) is 8.31. The van der Waals surface area contributed by atoms with Gasteiger partial charge >= 0.3 is 5.97 Å². The van der Waals surface area contributed by atoms with E-state index < -0.39 is 57.7 Å². The van der Waals surface area contributed by atoms with E-state index in [1.807, 2.05) is 40.7 Å². The van der Waals surface area contributed by atoms with Crippen molar-refractivity contribution in [1.29, 1.82) is 0 Å². The molecule has 258 valence electrons. The molecule has 4 bridgehead atoms. The Hall–Kier alpha value is -3.73. The van der Waals surface area contributed by atoms with Crippen LogP contribution in [0.2, 0.25) is 0 Å². The van der Waals surface area contributed by atoms with Crippen LogP contribution in [0.3, 0.4) is 0 Å². The van der Waals surface area contributed by atoms with Crippen LogP contribution in [0.4, 0.5) is 0 Å². The average Bonchev–Trinajstić information content (AvgIpc) is 3.13. The molecule has 0 amide bonds. The molecule has 3 aliphatic heterocycles. The number of hydrogen-bond acceptors (Lipinski definition) is 9. The highest BCUT2D eigenvalue weighted by molar-refractivity contribution is 6.19. The lowest BCUT2D eigenvalue weighted by Crippen LogP contribution is -2.72. The van der Waals surface area contributed by atoms with E-state index in [-0.39, 0.29) is 63.7 Å². The van der Waals surface area contributed by atoms with E-state index in [0.29, 0.717) is 19.3 Å². The summed E-state index contributed by atoms with van der Waals surface area (Å²) in [6.45, 7) is 14.0. The van der Waals surface area contributed by atoms with Crippen molar-refractivity contribution in [1.82, 2.24) is 0 Å². The van der Waals surface area contributed by atoms with Gasteiger partial charge in [0.2, 0.25) is 0 Å². The molecule has 3 aliphatic carbocycles. The molecule has 1 aromatic rings. The molecular formula is C38H46O10. The van der Waals surface area contributed by atoms with E-state index in [4.69, 9.17) is 14.2 Å². The first-order chi connectivity index (χ1) is 22.2. The number of Topliss-reactive ketones (excluding diaryl/α,β-unsaturated/α-hetero) is 2. The highest BCUT2D eigenvalue weighted by Crippen LogP contribution is 2.68. The van der Waals surface area contributed by atoms with Gasteiger partial charge in [-0.25, -0.2) is 4.79 Å². The number of carbonyl (C=O) groups excluding carboxylic acids is 2. The smallest absolute Gasteiger partial charge is 0.330 e. The number of phenolic OH excluding ortho intramolecular Hbond substituents is 1. The van der Waals surface area contributed by atoms with Gasteiger partial charge in [-0.3, -0.25) is 9.59 Å². The van der Waals surface area contributed by atoms with Crippen molar-refractivity contribution >= 4 is 23.6 Å². The van der Waals surface area contributed by atoms with Gasteiger partial charge in [-0.15, -0.1) is 0 Å². The van der Waals surface area contributed by atoms with Gasteiger partial charge in [-0.05, 0) is 86.8 Å². The van der Waals surface area contributed by atoms with Gasteiger partial charge in [-0.2, -0.15) is 0 Å². The Kier molecular flexibility index (Phi) is 7.74. The number of ether oxygens (including phenoxy) is 3. The second-order valence-corrected chi connectivity index (χ2v) is 15.7. The van der Waals surface area contributed by atoms with Crippen LogP contribution in [0.5, 0.6) is 17.2 Å². The standard InChI is InChI=1S/C38H46O10/c1-19(2)10-9-13-36(8)14-12-22-28(40)27-29(41)24-16-21-17-25-35(6,7)48-37(32(21)42,15-11-20(3)33(43)44)38(24,25)47-31(27)23(30(22)46-36)18-26(39)34(4,5)45/h10-12,14,16,21,25-26,39-40,45H,9,13,15,17-18H2,1-8H3,(H,43,44)/b20-11-/t21-,25?,26?,36+,37+,38-/m1/s1. The third kappa shape index (κ3) is 4.82. The van der Waals surface area contributed by atoms with Crippen molar-refractivity contribution in [3.8, 4) is 17.2 Å². The first kappa shape index (κ1) is 34.1. The normalized spacial score (nSPS) is 31.6. The second kappa shape index (κ2) is 10.9. The quantitative estimate of drug-likeness (QED) is 0.199. The Morgan fingerprint density at radius 2 is 1.79 bits per heavy atom. The molecule has 1 saturated carbocycles. The zero-order chi connectivity index (χ0) is 35.4. The molecule has 0 radical (unpaired) electrons. The molecule has 7 rings (SSSR count). The van der Waals surface area contributed by atoms with Crippen molar-refractivity contribution < 1.29 is 49.0 Å². The SMILES string of the molecule is CC(C)=CCC[C@@]1(C)C=Cc2c(O)c3c(c(CC(O)C(C)(C)O)c2O1)O[C@]12C(=C[C@@H]4CC1C(C)(C)O[C@@]2(C/C=C(/C)C(=O)O)C4=O)C3=O. The molecule has 4 N–H and O–H groups in total. The number of benzene rings is 1. The molecule has 2 unspecified atom stereocenters. The summed E-state index contributed by atoms with van der Waals surface area (Å²) in [6, 6.07) is 0. The molecule has 2 fully saturated rings. The van der Waals surface area contributed by atoms with Crippen molar-refractivity contribution in [3.63, 3.8) is 0 Å². The number of carboxylic acids is 1. The third-order valence-corrected chi connectivity index (χ3v) is 11.0. The maximum Gasteiger partial charge on any atom is 0.330 e. The lowest BCUT2D eigenvalue weighted by molar-refractivity contribution is -0.171. The summed E-state index contributed by atoms with van der Waals surface area (Å²) in [5, 5.41) is 43.6. The molecule has 0 aromatic heterocycles. The molecule has 1 aromatic carbocycles. The Bertz CT molecular complexity index is 1750. The predicted octanol–water partition coefficient (Wildman–Crippen LogP) is 5.40. The summed E-state index contributed by atoms with van der Waals surface area (Å²) in [5.41, 5.74) is -4.95. The molecule has 10 nitrogen and oxygen atoms in total. The number of aromatic hydroxyl groups is 1. The Morgan fingerprint density at radius 1 is 1.10 bits per heavy atom. The van der Waals surface area contributed by atoms with Gasteiger partial charge in [0, 0.05) is 41.4 Å². The minimum atomic E-state index is -1.74. The summed E-state index contributed by atoms with van der Waals surface area (Å²) in [7, 11) is 0. The van der Waals surface area contributed by atoms with Crippen LogP contribution in [0, 0.1) is 11.8 Å². The maximum absolute atomic E-state index is 14.8. The largest absolute Gasteiger partial charge is 0.506 e. The lowest BCUT2D eigenvalue weighted by atomic mass is 9.51. The number of carboxylic acid groups (broad SMARTS) is 1. The first-order valence-corrected chi connectivity index (χ1v) is 16.6. The third-order valence-electron chi connectivity index (χ3n) is 11.0. The second-order valence-electron chi connectivity index (χ2n) is 15.7. The highest BCUT2D eigenvalue weighted by Gasteiger charge is 2.81. The van der Waals surface area contributed by atoms with Gasteiger partial charge in [0.1, 0.15) is 28.4 Å². The van der Waals surface area contributed by atoms with Crippen LogP contribution in [0.1, 0.15) is 103 Å². The first-order valence-electron chi connectivity index (χ1n) is 16.6. The number of rotatable bonds is 9. The van der Waals surface area contributed by atoms with Gasteiger partial charge in [0.05, 0.1) is 22.9 Å². The fraction of sp³-hybridized carbons (Fsp3) is 0.553. The zero-order valence-corrected chi connectivity index (χ0v) is 28.9. The predicted molar refractivity (Wildman–Crippen MR) is 177 cm³/mol. The van der Waals surface area contributed by atoms with Gasteiger partial charge < -0.3 is 34.6 Å². The molecule has 6 atom stereocenters. The van der Waals surface area contributed by atoms with Gasteiger partial charge in [0.25, 0.3) is 0 Å². The molecule has 48 heavy (non-hydrogen) atoms. The summed E-state index contributed by atoms with van der Waals surface area (Å²) < 4.78 is 20.4. The topological polar surface area (TPSA) is 160 Å². The van der Waals surface area contributed by atoms with E-state index in [1.165, 1.54) is 26.8 Å². The van der Waals surface area contributed by atoms with Gasteiger partial charge in [0.15, 0.2) is 22.8 Å². The monoisotopic (exact) mass is 662 g/mol. The highest BCUT2D eigenvalue weighted by atomic mass is 16.6. The number of fused-ring (bicyclic) bond motifs is 2. The van der Waals surface area contributed by atoms with Gasteiger partial charge in [-0.1, -0.05) is 23.8 Å². The van der Waals surface area contributed by atoms with Crippen LogP contribution in [-0.4, -0.2) is 72.1 Å². The number of carbonyl (C=O) groups is 3. The summed E-state index contributed by atoms with van der Waals surface area (Å²) >= 11 is 0. The van der Waals surface area contributed by atoms with Crippen molar-refractivity contribution in [2.24, 2.45) is 11.8 Å². The van der Waals surface area contributed by atoms with Crippen LogP contribution < -0.4 is 9.47 Å². The number of aliphatic hydroxyl groups is 2. The van der Waals surface area contributed by atoms with Crippen LogP contribution in [-0.2, 0) is 20.7 Å². The van der Waals surface area contributed by atoms with Crippen molar-refractivity contribution in [2.45, 2.75) is 122 Å². The molecular weight excluding hydrogens is 616 g/mol. The van der Waals surface area contributed by atoms with Crippen LogP contribution >= 0.6 is 0 Å². The maximum atomic E-state index is 14.8. The number of phenols is 1.